The highest BCUT2D eigenvalue weighted by Crippen LogP contribution is 2.30. The zero-order valence-corrected chi connectivity index (χ0v) is 15.8. The average Bonchev–Trinajstić information content (AvgIpc) is 2.72. The van der Waals surface area contributed by atoms with E-state index in [1.807, 2.05) is 30.3 Å². The summed E-state index contributed by atoms with van der Waals surface area (Å²) >= 11 is 0. The van der Waals surface area contributed by atoms with E-state index in [4.69, 9.17) is 10.5 Å². The summed E-state index contributed by atoms with van der Waals surface area (Å²) in [4.78, 5) is 17.6. The lowest BCUT2D eigenvalue weighted by molar-refractivity contribution is -0.141. The number of hydrogen-bond donors (Lipinski definition) is 2. The molecule has 0 aliphatic carbocycles. The number of piperidine rings is 1. The van der Waals surface area contributed by atoms with Crippen molar-refractivity contribution in [3.63, 3.8) is 0 Å². The summed E-state index contributed by atoms with van der Waals surface area (Å²) in [6.45, 7) is 1.32. The van der Waals surface area contributed by atoms with Gasteiger partial charge < -0.3 is 20.7 Å². The fourth-order valence-corrected chi connectivity index (χ4v) is 3.13. The van der Waals surface area contributed by atoms with Gasteiger partial charge in [0.25, 0.3) is 0 Å². The third-order valence-corrected chi connectivity index (χ3v) is 4.78. The first kappa shape index (κ1) is 20.9. The molecule has 1 aromatic heterocycles. The highest BCUT2D eigenvalue weighted by molar-refractivity contribution is 5.89. The van der Waals surface area contributed by atoms with Crippen LogP contribution < -0.4 is 15.8 Å². The Morgan fingerprint density at radius 2 is 1.90 bits per heavy atom. The molecule has 2 amide bonds. The molecule has 2 aromatic rings. The van der Waals surface area contributed by atoms with Crippen LogP contribution in [-0.2, 0) is 12.7 Å². The van der Waals surface area contributed by atoms with Crippen molar-refractivity contribution in [2.45, 2.75) is 25.6 Å². The van der Waals surface area contributed by atoms with E-state index in [-0.39, 0.29) is 31.0 Å². The number of amides is 2. The lowest BCUT2D eigenvalue weighted by atomic mass is 9.98. The van der Waals surface area contributed by atoms with Crippen LogP contribution in [0, 0.1) is 5.92 Å². The number of ether oxygens (including phenoxy) is 1. The van der Waals surface area contributed by atoms with Crippen molar-refractivity contribution in [2.75, 3.05) is 25.0 Å². The molecule has 156 valence electrons. The first-order valence-electron chi connectivity index (χ1n) is 9.37. The largest absolute Gasteiger partial charge is 0.477 e. The van der Waals surface area contributed by atoms with Gasteiger partial charge in [-0.2, -0.15) is 13.2 Å². The van der Waals surface area contributed by atoms with Gasteiger partial charge in [-0.3, -0.25) is 0 Å². The van der Waals surface area contributed by atoms with Crippen molar-refractivity contribution in [3.8, 4) is 5.88 Å². The number of anilines is 1. The van der Waals surface area contributed by atoms with Crippen LogP contribution in [0.1, 0.15) is 24.1 Å². The molecule has 0 unspecified atom stereocenters. The number of nitrogens with one attached hydrogen (secondary N) is 1. The van der Waals surface area contributed by atoms with Crippen LogP contribution in [0.4, 0.5) is 23.7 Å². The number of aromatic nitrogens is 1. The van der Waals surface area contributed by atoms with Crippen molar-refractivity contribution in [2.24, 2.45) is 11.7 Å². The van der Waals surface area contributed by atoms with Crippen molar-refractivity contribution in [1.29, 1.82) is 0 Å². The second kappa shape index (κ2) is 9.13. The van der Waals surface area contributed by atoms with Gasteiger partial charge in [-0.1, -0.05) is 18.2 Å². The third kappa shape index (κ3) is 5.83. The maximum absolute atomic E-state index is 13.0. The Morgan fingerprint density at radius 1 is 1.21 bits per heavy atom. The molecule has 3 rings (SSSR count). The van der Waals surface area contributed by atoms with Crippen LogP contribution in [0.2, 0.25) is 0 Å². The molecular formula is C20H23F3N4O2. The van der Waals surface area contributed by atoms with Crippen molar-refractivity contribution >= 4 is 11.7 Å². The van der Waals surface area contributed by atoms with Gasteiger partial charge in [-0.05, 0) is 42.5 Å². The number of para-hydroxylation sites is 1. The van der Waals surface area contributed by atoms with Gasteiger partial charge in [-0.25, -0.2) is 9.78 Å². The van der Waals surface area contributed by atoms with Gasteiger partial charge in [-0.15, -0.1) is 0 Å². The van der Waals surface area contributed by atoms with Gasteiger partial charge in [0.05, 0.1) is 6.61 Å². The van der Waals surface area contributed by atoms with Crippen LogP contribution in [0.3, 0.4) is 0 Å². The van der Waals surface area contributed by atoms with Gasteiger partial charge in [0.15, 0.2) is 0 Å². The van der Waals surface area contributed by atoms with E-state index in [9.17, 15) is 18.0 Å². The molecule has 1 saturated heterocycles. The number of halogens is 3. The summed E-state index contributed by atoms with van der Waals surface area (Å²) in [5.74, 6) is 0.0537. The monoisotopic (exact) mass is 408 g/mol. The average molecular weight is 408 g/mol. The summed E-state index contributed by atoms with van der Waals surface area (Å²) in [5.41, 5.74) is 5.51. The number of benzene rings is 1. The molecule has 3 N–H and O–H groups in total. The second-order valence-corrected chi connectivity index (χ2v) is 6.94. The van der Waals surface area contributed by atoms with E-state index in [2.05, 4.69) is 10.3 Å². The van der Waals surface area contributed by atoms with Crippen molar-refractivity contribution in [1.82, 2.24) is 9.88 Å². The lowest BCUT2D eigenvalue weighted by Gasteiger charge is -2.31. The first-order chi connectivity index (χ1) is 13.8. The predicted molar refractivity (Wildman–Crippen MR) is 102 cm³/mol. The number of alkyl halides is 3. The maximum Gasteiger partial charge on any atom is 0.433 e. The first-order valence-corrected chi connectivity index (χ1v) is 9.37. The fraction of sp³-hybridized carbons (Fsp3) is 0.400. The van der Waals surface area contributed by atoms with Crippen LogP contribution in [-0.4, -0.2) is 35.6 Å². The van der Waals surface area contributed by atoms with E-state index in [0.29, 0.717) is 31.5 Å². The van der Waals surface area contributed by atoms with Crippen LogP contribution in [0.5, 0.6) is 5.88 Å². The van der Waals surface area contributed by atoms with E-state index in [0.717, 1.165) is 11.8 Å². The zero-order valence-electron chi connectivity index (χ0n) is 15.8. The third-order valence-electron chi connectivity index (χ3n) is 4.78. The quantitative estimate of drug-likeness (QED) is 0.787. The molecule has 1 aromatic carbocycles. The molecule has 1 aliphatic rings. The van der Waals surface area contributed by atoms with E-state index < -0.39 is 11.9 Å². The summed E-state index contributed by atoms with van der Waals surface area (Å²) in [5, 5.41) is 2.84. The molecule has 0 bridgehead atoms. The number of urea groups is 1. The molecular weight excluding hydrogens is 385 g/mol. The summed E-state index contributed by atoms with van der Waals surface area (Å²) in [7, 11) is 0. The summed E-state index contributed by atoms with van der Waals surface area (Å²) in [6.07, 6.45) is -3.16. The van der Waals surface area contributed by atoms with E-state index in [1.165, 1.54) is 6.07 Å². The minimum atomic E-state index is -4.55. The zero-order chi connectivity index (χ0) is 20.9. The van der Waals surface area contributed by atoms with Crippen LogP contribution in [0.15, 0.2) is 42.5 Å². The number of likely N-dealkylation sites (tertiary alicyclic amines) is 1. The molecule has 1 fully saturated rings. The minimum absolute atomic E-state index is 0.0309. The summed E-state index contributed by atoms with van der Waals surface area (Å²) in [6, 6.07) is 11.4. The number of pyridine rings is 1. The SMILES string of the molecule is NCc1cc(OCC2CCN(C(=O)Nc3ccccc3)CC2)nc(C(F)(F)F)c1. The number of carbonyl (C=O) groups is 1. The van der Waals surface area contributed by atoms with E-state index in [1.54, 1.807) is 4.90 Å². The van der Waals surface area contributed by atoms with Crippen LogP contribution >= 0.6 is 0 Å². The fourth-order valence-electron chi connectivity index (χ4n) is 3.13. The molecule has 6 nitrogen and oxygen atoms in total. The van der Waals surface area contributed by atoms with Crippen molar-refractivity contribution < 1.29 is 22.7 Å². The molecule has 1 aliphatic heterocycles. The summed E-state index contributed by atoms with van der Waals surface area (Å²) < 4.78 is 44.4. The van der Waals surface area contributed by atoms with Gasteiger partial charge in [0.1, 0.15) is 5.69 Å². The highest BCUT2D eigenvalue weighted by Gasteiger charge is 2.33. The number of nitrogens with zero attached hydrogens (tertiary/aromatic N) is 2. The van der Waals surface area contributed by atoms with Crippen molar-refractivity contribution in [3.05, 3.63) is 53.7 Å². The lowest BCUT2D eigenvalue weighted by Crippen LogP contribution is -2.42. The van der Waals surface area contributed by atoms with Gasteiger partial charge in [0.2, 0.25) is 5.88 Å². The Morgan fingerprint density at radius 3 is 2.52 bits per heavy atom. The van der Waals surface area contributed by atoms with Crippen LogP contribution in [0.25, 0.3) is 0 Å². The maximum atomic E-state index is 13.0. The smallest absolute Gasteiger partial charge is 0.433 e. The Balaban J connectivity index is 1.50. The number of rotatable bonds is 5. The van der Waals surface area contributed by atoms with E-state index >= 15 is 0 Å². The molecule has 29 heavy (non-hydrogen) atoms. The number of nitrogens with two attached hydrogens (primary N) is 1. The Hall–Kier alpha value is -2.81. The molecule has 0 saturated carbocycles. The molecule has 0 spiro atoms. The van der Waals surface area contributed by atoms with Gasteiger partial charge >= 0.3 is 12.2 Å². The number of carbonyl (C=O) groups excluding carboxylic acids is 1. The molecule has 2 heterocycles. The molecule has 9 heteroatoms. The topological polar surface area (TPSA) is 80.5 Å². The predicted octanol–water partition coefficient (Wildman–Crippen LogP) is 3.88. The Bertz CT molecular complexity index is 822. The van der Waals surface area contributed by atoms with Gasteiger partial charge in [0, 0.05) is 31.4 Å². The standard InChI is InChI=1S/C20H23F3N4O2/c21-20(22,23)17-10-15(12-24)11-18(26-17)29-13-14-6-8-27(9-7-14)19(28)25-16-4-2-1-3-5-16/h1-5,10-11,14H,6-9,12-13,24H2,(H,25,28). The second-order valence-electron chi connectivity index (χ2n) is 6.94. The Labute approximate surface area is 166 Å². The minimum Gasteiger partial charge on any atom is -0.477 e. The molecule has 0 radical (unpaired) electrons. The Kier molecular flexibility index (Phi) is 6.58. The highest BCUT2D eigenvalue weighted by atomic mass is 19.4. The normalized spacial score (nSPS) is 15.2. The molecule has 0 atom stereocenters. The number of hydrogen-bond acceptors (Lipinski definition) is 4.